The molecule has 1 unspecified atom stereocenters. The van der Waals surface area contributed by atoms with Crippen LogP contribution >= 0.6 is 0 Å². The van der Waals surface area contributed by atoms with Crippen molar-refractivity contribution in [3.63, 3.8) is 0 Å². The average molecular weight is 450 g/mol. The number of hydrogen-bond donors (Lipinski definition) is 2. The fraction of sp³-hybridized carbons (Fsp3) is 0.400. The highest BCUT2D eigenvalue weighted by atomic mass is 19.1. The molecule has 33 heavy (non-hydrogen) atoms. The summed E-state index contributed by atoms with van der Waals surface area (Å²) in [5.41, 5.74) is 2.14. The largest absolute Gasteiger partial charge is 0.371 e. The topological polar surface area (TPSA) is 70.4 Å². The first kappa shape index (κ1) is 22.8. The minimum absolute atomic E-state index is 0.103. The van der Waals surface area contributed by atoms with Crippen LogP contribution in [0, 0.1) is 12.7 Å². The third-order valence-corrected chi connectivity index (χ3v) is 6.22. The lowest BCUT2D eigenvalue weighted by Gasteiger charge is -2.35. The zero-order chi connectivity index (χ0) is 23.2. The van der Waals surface area contributed by atoms with Gasteiger partial charge in [0.2, 0.25) is 0 Å². The van der Waals surface area contributed by atoms with E-state index in [1.807, 2.05) is 42.8 Å². The van der Waals surface area contributed by atoms with Crippen molar-refractivity contribution in [1.29, 1.82) is 0 Å². The Hall–Kier alpha value is -3.42. The summed E-state index contributed by atoms with van der Waals surface area (Å²) < 4.78 is 15.6. The summed E-state index contributed by atoms with van der Waals surface area (Å²) in [5, 5.41) is 15.5. The number of anilines is 1. The number of piperidine rings is 1. The summed E-state index contributed by atoms with van der Waals surface area (Å²) in [6.45, 7) is 6.24. The van der Waals surface area contributed by atoms with E-state index in [2.05, 4.69) is 44.8 Å². The van der Waals surface area contributed by atoms with Crippen LogP contribution in [-0.2, 0) is 13.6 Å². The molecule has 3 aromatic rings. The molecule has 0 amide bonds. The zero-order valence-corrected chi connectivity index (χ0v) is 19.5. The van der Waals surface area contributed by atoms with Gasteiger partial charge in [0.05, 0.1) is 6.04 Å². The number of benzene rings is 2. The summed E-state index contributed by atoms with van der Waals surface area (Å²) in [4.78, 5) is 7.06. The van der Waals surface area contributed by atoms with E-state index in [9.17, 15) is 4.39 Å². The molecule has 1 aliphatic heterocycles. The fourth-order valence-electron chi connectivity index (χ4n) is 4.05. The molecule has 1 aromatic heterocycles. The summed E-state index contributed by atoms with van der Waals surface area (Å²) in [7, 11) is 1.95. The van der Waals surface area contributed by atoms with Crippen LogP contribution in [0.2, 0.25) is 0 Å². The van der Waals surface area contributed by atoms with Crippen molar-refractivity contribution in [3.8, 4) is 0 Å². The monoisotopic (exact) mass is 449 g/mol. The molecule has 4 rings (SSSR count). The Morgan fingerprint density at radius 3 is 2.55 bits per heavy atom. The molecule has 0 radical (unpaired) electrons. The van der Waals surface area contributed by atoms with Crippen LogP contribution in [-0.4, -0.2) is 39.9 Å². The van der Waals surface area contributed by atoms with Crippen molar-refractivity contribution in [2.45, 2.75) is 45.3 Å². The predicted molar refractivity (Wildman–Crippen MR) is 130 cm³/mol. The van der Waals surface area contributed by atoms with Gasteiger partial charge in [-0.1, -0.05) is 36.4 Å². The van der Waals surface area contributed by atoms with Gasteiger partial charge in [0.1, 0.15) is 18.2 Å². The lowest BCUT2D eigenvalue weighted by molar-refractivity contribution is 0.458. The summed E-state index contributed by atoms with van der Waals surface area (Å²) in [6, 6.07) is 17.5. The molecule has 0 bridgehead atoms. The van der Waals surface area contributed by atoms with Gasteiger partial charge in [-0.05, 0) is 50.5 Å². The number of guanidine groups is 1. The fourth-order valence-corrected chi connectivity index (χ4v) is 4.05. The van der Waals surface area contributed by atoms with Gasteiger partial charge in [0, 0.05) is 31.9 Å². The number of nitrogens with one attached hydrogen (secondary N) is 2. The first-order valence-electron chi connectivity index (χ1n) is 11.5. The van der Waals surface area contributed by atoms with Crippen LogP contribution in [0.1, 0.15) is 43.0 Å². The van der Waals surface area contributed by atoms with Gasteiger partial charge < -0.3 is 20.1 Å². The first-order valence-corrected chi connectivity index (χ1v) is 11.5. The molecular weight excluding hydrogens is 417 g/mol. The van der Waals surface area contributed by atoms with Crippen molar-refractivity contribution >= 4 is 11.6 Å². The second kappa shape index (κ2) is 10.5. The molecule has 2 N–H and O–H groups in total. The molecule has 8 heteroatoms. The Kier molecular flexibility index (Phi) is 7.22. The van der Waals surface area contributed by atoms with Crippen molar-refractivity contribution in [1.82, 2.24) is 25.4 Å². The number of hydrogen-bond acceptors (Lipinski definition) is 4. The second-order valence-corrected chi connectivity index (χ2v) is 8.55. The maximum absolute atomic E-state index is 13.6. The molecule has 1 atom stereocenters. The van der Waals surface area contributed by atoms with Crippen LogP contribution < -0.4 is 15.5 Å². The third-order valence-electron chi connectivity index (χ3n) is 6.22. The van der Waals surface area contributed by atoms with Gasteiger partial charge in [0.25, 0.3) is 0 Å². The smallest absolute Gasteiger partial charge is 0.192 e. The van der Waals surface area contributed by atoms with Gasteiger partial charge >= 0.3 is 0 Å². The summed E-state index contributed by atoms with van der Waals surface area (Å²) in [6.07, 6.45) is 1.89. The molecule has 1 saturated heterocycles. The molecule has 174 valence electrons. The van der Waals surface area contributed by atoms with E-state index < -0.39 is 0 Å². The van der Waals surface area contributed by atoms with E-state index in [1.165, 1.54) is 11.6 Å². The van der Waals surface area contributed by atoms with E-state index in [4.69, 9.17) is 4.99 Å². The molecule has 1 aliphatic rings. The van der Waals surface area contributed by atoms with Crippen LogP contribution in [0.5, 0.6) is 0 Å². The Balaban J connectivity index is 1.43. The van der Waals surface area contributed by atoms with Crippen LogP contribution in [0.15, 0.2) is 59.6 Å². The van der Waals surface area contributed by atoms with Gasteiger partial charge in [-0.15, -0.1) is 10.2 Å². The minimum Gasteiger partial charge on any atom is -0.371 e. The molecule has 0 spiro atoms. The maximum atomic E-state index is 13.6. The Bertz CT molecular complexity index is 1070. The molecule has 7 nitrogen and oxygen atoms in total. The number of rotatable bonds is 6. The van der Waals surface area contributed by atoms with Crippen LogP contribution in [0.4, 0.5) is 10.1 Å². The standard InChI is InChI=1S/C25H32FN7/c1-18(20-8-5-4-6-9-20)28-25(27-17-24-31-30-19(2)32(24)3)29-22-12-14-33(15-13-22)23-11-7-10-21(26)16-23/h4-11,16,18,22H,12-15,17H2,1-3H3,(H2,27,28,29). The third kappa shape index (κ3) is 5.88. The van der Waals surface area contributed by atoms with Crippen molar-refractivity contribution in [2.24, 2.45) is 12.0 Å². The Labute approximate surface area is 194 Å². The normalized spacial score (nSPS) is 16.0. The lowest BCUT2D eigenvalue weighted by atomic mass is 10.0. The van der Waals surface area contributed by atoms with Crippen LogP contribution in [0.25, 0.3) is 0 Å². The highest BCUT2D eigenvalue weighted by molar-refractivity contribution is 5.80. The molecule has 2 aromatic carbocycles. The number of aromatic nitrogens is 3. The maximum Gasteiger partial charge on any atom is 0.192 e. The zero-order valence-electron chi connectivity index (χ0n) is 19.5. The quantitative estimate of drug-likeness (QED) is 0.443. The molecule has 1 fully saturated rings. The van der Waals surface area contributed by atoms with E-state index in [-0.39, 0.29) is 17.9 Å². The van der Waals surface area contributed by atoms with Crippen molar-refractivity contribution in [2.75, 3.05) is 18.0 Å². The SMILES string of the molecule is Cc1nnc(CN=C(NC2CCN(c3cccc(F)c3)CC2)NC(C)c2ccccc2)n1C. The van der Waals surface area contributed by atoms with E-state index in [0.717, 1.165) is 49.2 Å². The molecular formula is C25H32FN7. The molecule has 0 saturated carbocycles. The highest BCUT2D eigenvalue weighted by Crippen LogP contribution is 2.21. The second-order valence-electron chi connectivity index (χ2n) is 8.55. The van der Waals surface area contributed by atoms with E-state index in [1.54, 1.807) is 12.1 Å². The van der Waals surface area contributed by atoms with Gasteiger partial charge in [0.15, 0.2) is 11.8 Å². The minimum atomic E-state index is -0.194. The lowest BCUT2D eigenvalue weighted by Crippen LogP contribution is -2.49. The van der Waals surface area contributed by atoms with E-state index in [0.29, 0.717) is 6.54 Å². The van der Waals surface area contributed by atoms with Crippen molar-refractivity contribution < 1.29 is 4.39 Å². The summed E-state index contributed by atoms with van der Waals surface area (Å²) >= 11 is 0. The number of halogens is 1. The van der Waals surface area contributed by atoms with Crippen LogP contribution in [0.3, 0.4) is 0 Å². The van der Waals surface area contributed by atoms with Crippen molar-refractivity contribution in [3.05, 3.63) is 77.6 Å². The average Bonchev–Trinajstić information content (AvgIpc) is 3.16. The van der Waals surface area contributed by atoms with Gasteiger partial charge in [-0.2, -0.15) is 0 Å². The Morgan fingerprint density at radius 2 is 1.88 bits per heavy atom. The predicted octanol–water partition coefficient (Wildman–Crippen LogP) is 3.73. The molecule has 0 aliphatic carbocycles. The summed E-state index contributed by atoms with van der Waals surface area (Å²) in [5.74, 6) is 2.25. The van der Waals surface area contributed by atoms with Gasteiger partial charge in [-0.25, -0.2) is 9.38 Å². The first-order chi connectivity index (χ1) is 16.0. The molecule has 2 heterocycles. The number of aliphatic imine (C=N–C) groups is 1. The number of nitrogens with zero attached hydrogens (tertiary/aromatic N) is 5. The number of aryl methyl sites for hydroxylation is 1. The highest BCUT2D eigenvalue weighted by Gasteiger charge is 2.21. The van der Waals surface area contributed by atoms with E-state index >= 15 is 0 Å². The van der Waals surface area contributed by atoms with Gasteiger partial charge in [-0.3, -0.25) is 0 Å². The Morgan fingerprint density at radius 1 is 1.12 bits per heavy atom.